The van der Waals surface area contributed by atoms with E-state index in [1.807, 2.05) is 12.1 Å². The van der Waals surface area contributed by atoms with E-state index in [0.717, 1.165) is 38.9 Å². The summed E-state index contributed by atoms with van der Waals surface area (Å²) < 4.78 is 4.32. The Balaban J connectivity index is 1.39. The van der Waals surface area contributed by atoms with Gasteiger partial charge in [0.1, 0.15) is 0 Å². The fourth-order valence-corrected chi connectivity index (χ4v) is 5.67. The molecule has 188 valence electrons. The molecule has 8 rings (SSSR count). The van der Waals surface area contributed by atoms with Gasteiger partial charge >= 0.3 is 0 Å². The maximum absolute atomic E-state index is 5.26. The Bertz CT molecular complexity index is 2080. The summed E-state index contributed by atoms with van der Waals surface area (Å²) >= 11 is 0. The number of fused-ring (bicyclic) bond motifs is 4. The molecular weight excluding hydrogens is 488 g/mol. The summed E-state index contributed by atoms with van der Waals surface area (Å²) in [7, 11) is 0. The molecule has 3 heterocycles. The average molecular weight is 513 g/mol. The van der Waals surface area contributed by atoms with E-state index < -0.39 is 0 Å². The van der Waals surface area contributed by atoms with Crippen molar-refractivity contribution in [2.75, 3.05) is 0 Å². The first-order valence-corrected chi connectivity index (χ1v) is 13.4. The van der Waals surface area contributed by atoms with Crippen LogP contribution in [0.2, 0.25) is 0 Å². The maximum Gasteiger partial charge on any atom is 0.235 e. The molecule has 4 heteroatoms. The predicted molar refractivity (Wildman–Crippen MR) is 164 cm³/mol. The highest BCUT2D eigenvalue weighted by Crippen LogP contribution is 2.34. The molecule has 0 atom stereocenters. The topological polar surface area (TPSA) is 35.6 Å². The van der Waals surface area contributed by atoms with Crippen LogP contribution in [0.5, 0.6) is 0 Å². The van der Waals surface area contributed by atoms with Crippen LogP contribution in [0, 0.1) is 0 Å². The second kappa shape index (κ2) is 9.07. The molecule has 3 aromatic heterocycles. The third-order valence-corrected chi connectivity index (χ3v) is 7.59. The van der Waals surface area contributed by atoms with Crippen LogP contribution in [0.4, 0.5) is 0 Å². The Hall–Kier alpha value is -5.48. The molecule has 0 radical (unpaired) electrons. The zero-order valence-electron chi connectivity index (χ0n) is 21.6. The molecule has 5 aromatic carbocycles. The smallest absolute Gasteiger partial charge is 0.235 e. The SMILES string of the molecule is c1ccc(-c2ccc(-c3nc(-n4c5ccccc5c5ccccc54)nc4cn(-c5ccccc5)cc34)cc2)cc1. The van der Waals surface area contributed by atoms with Crippen molar-refractivity contribution in [3.05, 3.63) is 146 Å². The number of nitrogens with zero attached hydrogens (tertiary/aromatic N) is 4. The minimum Gasteiger partial charge on any atom is -0.321 e. The van der Waals surface area contributed by atoms with E-state index >= 15 is 0 Å². The highest BCUT2D eigenvalue weighted by Gasteiger charge is 2.18. The summed E-state index contributed by atoms with van der Waals surface area (Å²) in [5.41, 5.74) is 8.52. The molecule has 0 aliphatic rings. The lowest BCUT2D eigenvalue weighted by atomic mass is 10.0. The molecule has 0 unspecified atom stereocenters. The van der Waals surface area contributed by atoms with E-state index in [1.165, 1.54) is 21.9 Å². The van der Waals surface area contributed by atoms with Gasteiger partial charge < -0.3 is 4.57 Å². The number of aromatic nitrogens is 4. The minimum absolute atomic E-state index is 0.665. The van der Waals surface area contributed by atoms with Crippen molar-refractivity contribution >= 4 is 32.7 Å². The average Bonchev–Trinajstić information content (AvgIpc) is 3.61. The zero-order chi connectivity index (χ0) is 26.5. The van der Waals surface area contributed by atoms with Gasteiger partial charge in [-0.05, 0) is 35.4 Å². The first-order valence-electron chi connectivity index (χ1n) is 13.4. The Morgan fingerprint density at radius 1 is 0.425 bits per heavy atom. The fourth-order valence-electron chi connectivity index (χ4n) is 5.67. The second-order valence-electron chi connectivity index (χ2n) is 9.99. The third-order valence-electron chi connectivity index (χ3n) is 7.59. The first-order chi connectivity index (χ1) is 19.8. The molecule has 0 fully saturated rings. The van der Waals surface area contributed by atoms with Crippen LogP contribution in [0.3, 0.4) is 0 Å². The highest BCUT2D eigenvalue weighted by molar-refractivity contribution is 6.09. The highest BCUT2D eigenvalue weighted by atomic mass is 15.2. The lowest BCUT2D eigenvalue weighted by Crippen LogP contribution is -2.02. The fraction of sp³-hybridized carbons (Fsp3) is 0. The number of hydrogen-bond acceptors (Lipinski definition) is 2. The lowest BCUT2D eigenvalue weighted by molar-refractivity contribution is 1.01. The lowest BCUT2D eigenvalue weighted by Gasteiger charge is -2.10. The number of rotatable bonds is 4. The largest absolute Gasteiger partial charge is 0.321 e. The molecule has 8 aromatic rings. The second-order valence-corrected chi connectivity index (χ2v) is 9.99. The minimum atomic E-state index is 0.665. The zero-order valence-corrected chi connectivity index (χ0v) is 21.6. The van der Waals surface area contributed by atoms with Crippen LogP contribution in [-0.4, -0.2) is 19.1 Å². The molecule has 0 bridgehead atoms. The number of para-hydroxylation sites is 3. The van der Waals surface area contributed by atoms with Crippen molar-refractivity contribution in [3.63, 3.8) is 0 Å². The third kappa shape index (κ3) is 3.62. The van der Waals surface area contributed by atoms with Crippen LogP contribution in [-0.2, 0) is 0 Å². The maximum atomic E-state index is 5.26. The van der Waals surface area contributed by atoms with E-state index in [4.69, 9.17) is 9.97 Å². The summed E-state index contributed by atoms with van der Waals surface area (Å²) in [6, 6.07) is 46.4. The molecule has 0 aliphatic carbocycles. The van der Waals surface area contributed by atoms with Crippen LogP contribution in [0.15, 0.2) is 146 Å². The van der Waals surface area contributed by atoms with Crippen LogP contribution < -0.4 is 0 Å². The van der Waals surface area contributed by atoms with Crippen molar-refractivity contribution in [1.29, 1.82) is 0 Å². The van der Waals surface area contributed by atoms with Gasteiger partial charge in [-0.15, -0.1) is 0 Å². The molecular formula is C36H24N4. The van der Waals surface area contributed by atoms with Crippen LogP contribution in [0.25, 0.3) is 66.7 Å². The van der Waals surface area contributed by atoms with Crippen molar-refractivity contribution in [2.45, 2.75) is 0 Å². The van der Waals surface area contributed by atoms with E-state index in [-0.39, 0.29) is 0 Å². The van der Waals surface area contributed by atoms with Gasteiger partial charge in [0.25, 0.3) is 0 Å². The quantitative estimate of drug-likeness (QED) is 0.236. The molecule has 40 heavy (non-hydrogen) atoms. The van der Waals surface area contributed by atoms with Gasteiger partial charge in [-0.1, -0.05) is 109 Å². The molecule has 0 spiro atoms. The van der Waals surface area contributed by atoms with Gasteiger partial charge in [0.15, 0.2) is 0 Å². The van der Waals surface area contributed by atoms with E-state index in [1.54, 1.807) is 0 Å². The summed E-state index contributed by atoms with van der Waals surface area (Å²) in [4.78, 5) is 10.4. The van der Waals surface area contributed by atoms with E-state index in [0.29, 0.717) is 5.95 Å². The number of benzene rings is 5. The predicted octanol–water partition coefficient (Wildman–Crippen LogP) is 8.85. The van der Waals surface area contributed by atoms with Gasteiger partial charge in [0, 0.05) is 39.8 Å². The molecule has 0 saturated carbocycles. The van der Waals surface area contributed by atoms with Crippen molar-refractivity contribution in [2.24, 2.45) is 0 Å². The molecule has 0 N–H and O–H groups in total. The standard InChI is InChI=1S/C36H24N4/c1-3-11-25(12-4-1)26-19-21-27(22-20-26)35-31-23-39(28-13-5-2-6-14-28)24-32(31)37-36(38-35)40-33-17-9-7-15-29(33)30-16-8-10-18-34(30)40/h1-24H. The normalized spacial score (nSPS) is 11.5. The molecule has 0 saturated heterocycles. The Kier molecular flexibility index (Phi) is 5.10. The summed E-state index contributed by atoms with van der Waals surface area (Å²) in [6.07, 6.45) is 4.24. The monoisotopic (exact) mass is 512 g/mol. The molecule has 0 amide bonds. The van der Waals surface area contributed by atoms with Gasteiger partial charge in [0.2, 0.25) is 5.95 Å². The van der Waals surface area contributed by atoms with E-state index in [9.17, 15) is 0 Å². The number of hydrogen-bond donors (Lipinski definition) is 0. The van der Waals surface area contributed by atoms with Crippen LogP contribution >= 0.6 is 0 Å². The van der Waals surface area contributed by atoms with Gasteiger partial charge in [-0.25, -0.2) is 9.97 Å². The summed E-state index contributed by atoms with van der Waals surface area (Å²) in [5, 5.41) is 3.40. The molecule has 4 nitrogen and oxygen atoms in total. The summed E-state index contributed by atoms with van der Waals surface area (Å²) in [5.74, 6) is 0.665. The first kappa shape index (κ1) is 22.5. The van der Waals surface area contributed by atoms with Gasteiger partial charge in [-0.3, -0.25) is 4.57 Å². The Morgan fingerprint density at radius 3 is 1.65 bits per heavy atom. The Morgan fingerprint density at radius 2 is 0.975 bits per heavy atom. The van der Waals surface area contributed by atoms with Crippen LogP contribution in [0.1, 0.15) is 0 Å². The van der Waals surface area contributed by atoms with Gasteiger partial charge in [-0.2, -0.15) is 0 Å². The summed E-state index contributed by atoms with van der Waals surface area (Å²) in [6.45, 7) is 0. The van der Waals surface area contributed by atoms with Crippen molar-refractivity contribution in [3.8, 4) is 34.0 Å². The van der Waals surface area contributed by atoms with Crippen molar-refractivity contribution < 1.29 is 0 Å². The van der Waals surface area contributed by atoms with E-state index in [2.05, 4.69) is 143 Å². The van der Waals surface area contributed by atoms with Gasteiger partial charge in [0.05, 0.1) is 22.2 Å². The Labute approximate surface area is 231 Å². The molecule has 0 aliphatic heterocycles. The van der Waals surface area contributed by atoms with Crippen molar-refractivity contribution in [1.82, 2.24) is 19.1 Å².